The van der Waals surface area contributed by atoms with Gasteiger partial charge in [-0.25, -0.2) is 9.59 Å². The van der Waals surface area contributed by atoms with Crippen molar-refractivity contribution in [2.75, 3.05) is 0 Å². The van der Waals surface area contributed by atoms with E-state index < -0.39 is 33.7 Å². The van der Waals surface area contributed by atoms with Gasteiger partial charge in [0.25, 0.3) is 5.69 Å². The van der Waals surface area contributed by atoms with E-state index in [1.807, 2.05) is 0 Å². The van der Waals surface area contributed by atoms with Crippen LogP contribution in [0.1, 0.15) is 20.7 Å². The quantitative estimate of drug-likeness (QED) is 0.645. The summed E-state index contributed by atoms with van der Waals surface area (Å²) < 4.78 is 0. The number of carboxylic acid groups (broad SMARTS) is 2. The average molecular weight is 284 g/mol. The molecule has 0 spiro atoms. The Hall–Kier alpha value is -1.86. The zero-order chi connectivity index (χ0) is 11.6. The largest absolute Gasteiger partial charge is 0.478 e. The molecule has 0 heterocycles. The molecule has 7 nitrogen and oxygen atoms in total. The molecule has 0 radical (unpaired) electrons. The van der Waals surface area contributed by atoms with Crippen molar-refractivity contribution in [3.05, 3.63) is 39.4 Å². The van der Waals surface area contributed by atoms with Gasteiger partial charge < -0.3 is 10.2 Å². The molecule has 17 heavy (non-hydrogen) atoms. The molecule has 1 aromatic carbocycles. The normalized spacial score (nSPS) is 8.47. The predicted octanol–water partition coefficient (Wildman–Crippen LogP) is 1.83. The van der Waals surface area contributed by atoms with Crippen LogP contribution in [0.4, 0.5) is 5.69 Å². The molecule has 1 aromatic rings. The molecule has 0 aliphatic rings. The van der Waals surface area contributed by atoms with Gasteiger partial charge in [-0.1, -0.05) is 0 Å². The third-order valence-corrected chi connectivity index (χ3v) is 1.67. The van der Waals surface area contributed by atoms with Gasteiger partial charge in [0.15, 0.2) is 0 Å². The number of non-ortho nitro benzene ring substituents is 1. The lowest BCUT2D eigenvalue weighted by Gasteiger charge is -2.00. The van der Waals surface area contributed by atoms with E-state index in [2.05, 4.69) is 0 Å². The number of carbonyl (C=O) groups is 2. The molecule has 0 atom stereocenters. The maximum Gasteiger partial charge on any atom is 0.336 e. The highest BCUT2D eigenvalue weighted by atomic mass is 35.5. The van der Waals surface area contributed by atoms with Crippen molar-refractivity contribution in [3.8, 4) is 0 Å². The summed E-state index contributed by atoms with van der Waals surface area (Å²) in [5, 5.41) is 27.6. The molecule has 0 saturated carbocycles. The first kappa shape index (κ1) is 17.5. The van der Waals surface area contributed by atoms with Crippen molar-refractivity contribution in [1.29, 1.82) is 0 Å². The van der Waals surface area contributed by atoms with E-state index in [0.29, 0.717) is 6.07 Å². The molecule has 0 bridgehead atoms. The van der Waals surface area contributed by atoms with E-state index in [-0.39, 0.29) is 24.8 Å². The second-order valence-corrected chi connectivity index (χ2v) is 2.60. The van der Waals surface area contributed by atoms with Gasteiger partial charge >= 0.3 is 11.9 Å². The van der Waals surface area contributed by atoms with Crippen LogP contribution in [0.3, 0.4) is 0 Å². The average Bonchev–Trinajstić information content (AvgIpc) is 2.16. The first-order valence-corrected chi connectivity index (χ1v) is 3.68. The summed E-state index contributed by atoms with van der Waals surface area (Å²) in [5.74, 6) is -2.96. The molecular weight excluding hydrogens is 277 g/mol. The van der Waals surface area contributed by atoms with Gasteiger partial charge in [-0.15, -0.1) is 24.8 Å². The molecule has 94 valence electrons. The minimum absolute atomic E-state index is 0. The Kier molecular flexibility index (Phi) is 6.87. The van der Waals surface area contributed by atoms with E-state index >= 15 is 0 Å². The van der Waals surface area contributed by atoms with Gasteiger partial charge in [-0.2, -0.15) is 0 Å². The Morgan fingerprint density at radius 1 is 1.06 bits per heavy atom. The number of benzene rings is 1. The Labute approximate surface area is 107 Å². The van der Waals surface area contributed by atoms with Gasteiger partial charge in [-0.05, 0) is 6.07 Å². The number of aromatic carboxylic acids is 2. The number of rotatable bonds is 3. The van der Waals surface area contributed by atoms with E-state index in [4.69, 9.17) is 10.2 Å². The Balaban J connectivity index is 0. The lowest BCUT2D eigenvalue weighted by molar-refractivity contribution is -0.384. The van der Waals surface area contributed by atoms with Crippen LogP contribution in [-0.2, 0) is 0 Å². The lowest BCUT2D eigenvalue weighted by Crippen LogP contribution is -2.08. The molecule has 9 heteroatoms. The second-order valence-electron chi connectivity index (χ2n) is 2.60. The molecule has 0 amide bonds. The number of nitro benzene ring substituents is 1. The van der Waals surface area contributed by atoms with Crippen LogP contribution >= 0.6 is 24.8 Å². The van der Waals surface area contributed by atoms with Gasteiger partial charge in [0.2, 0.25) is 0 Å². The zero-order valence-electron chi connectivity index (χ0n) is 8.02. The number of carboxylic acids is 2. The summed E-state index contributed by atoms with van der Waals surface area (Å²) in [4.78, 5) is 30.7. The topological polar surface area (TPSA) is 118 Å². The minimum Gasteiger partial charge on any atom is -0.478 e. The number of nitro groups is 1. The molecule has 0 unspecified atom stereocenters. The Morgan fingerprint density at radius 3 is 1.88 bits per heavy atom. The second kappa shape index (κ2) is 6.66. The number of hydrogen-bond donors (Lipinski definition) is 2. The number of hydrogen-bond acceptors (Lipinski definition) is 4. The van der Waals surface area contributed by atoms with Gasteiger partial charge in [0, 0.05) is 12.1 Å². The Bertz CT molecular complexity index is 461. The summed E-state index contributed by atoms with van der Waals surface area (Å²) >= 11 is 0. The molecule has 2 N–H and O–H groups in total. The molecule has 1 rings (SSSR count). The summed E-state index contributed by atoms with van der Waals surface area (Å²) in [6.45, 7) is 0. The van der Waals surface area contributed by atoms with Crippen molar-refractivity contribution in [3.63, 3.8) is 0 Å². The first-order chi connectivity index (χ1) is 6.93. The van der Waals surface area contributed by atoms with Crippen molar-refractivity contribution in [1.82, 2.24) is 0 Å². The standard InChI is InChI=1S/C8H5NO6.2ClH/c10-7(11)5-2-1-4(9(14)15)3-6(5)8(12)13;;/h1-3H,(H,10,11)(H,12,13);2*1H. The zero-order valence-corrected chi connectivity index (χ0v) is 9.66. The van der Waals surface area contributed by atoms with Crippen LogP contribution in [0.2, 0.25) is 0 Å². The fourth-order valence-electron chi connectivity index (χ4n) is 1.01. The van der Waals surface area contributed by atoms with Gasteiger partial charge in [0.05, 0.1) is 16.1 Å². The highest BCUT2D eigenvalue weighted by Crippen LogP contribution is 2.17. The highest BCUT2D eigenvalue weighted by Gasteiger charge is 2.19. The van der Waals surface area contributed by atoms with Crippen molar-refractivity contribution >= 4 is 42.4 Å². The van der Waals surface area contributed by atoms with Crippen LogP contribution in [0.5, 0.6) is 0 Å². The van der Waals surface area contributed by atoms with Crippen LogP contribution in [-0.4, -0.2) is 27.1 Å². The van der Waals surface area contributed by atoms with E-state index in [1.54, 1.807) is 0 Å². The predicted molar refractivity (Wildman–Crippen MR) is 61.5 cm³/mol. The molecule has 0 aromatic heterocycles. The van der Waals surface area contributed by atoms with Crippen LogP contribution < -0.4 is 0 Å². The van der Waals surface area contributed by atoms with Crippen molar-refractivity contribution < 1.29 is 24.7 Å². The first-order valence-electron chi connectivity index (χ1n) is 3.68. The summed E-state index contributed by atoms with van der Waals surface area (Å²) in [6, 6.07) is 2.55. The monoisotopic (exact) mass is 283 g/mol. The van der Waals surface area contributed by atoms with Crippen LogP contribution in [0.15, 0.2) is 18.2 Å². The third-order valence-electron chi connectivity index (χ3n) is 1.67. The molecular formula is C8H7Cl2NO6. The van der Waals surface area contributed by atoms with Gasteiger partial charge in [0.1, 0.15) is 0 Å². The van der Waals surface area contributed by atoms with Crippen molar-refractivity contribution in [2.45, 2.75) is 0 Å². The Morgan fingerprint density at radius 2 is 1.53 bits per heavy atom. The number of halogens is 2. The maximum absolute atomic E-state index is 10.6. The van der Waals surface area contributed by atoms with E-state index in [1.165, 1.54) is 0 Å². The fraction of sp³-hybridized carbons (Fsp3) is 0. The fourth-order valence-corrected chi connectivity index (χ4v) is 1.01. The summed E-state index contributed by atoms with van der Waals surface area (Å²) in [5.41, 5.74) is -1.54. The van der Waals surface area contributed by atoms with E-state index in [9.17, 15) is 19.7 Å². The molecule has 0 aliphatic heterocycles. The molecule has 0 fully saturated rings. The molecule has 0 saturated heterocycles. The lowest BCUT2D eigenvalue weighted by atomic mass is 10.1. The van der Waals surface area contributed by atoms with Gasteiger partial charge in [-0.3, -0.25) is 10.1 Å². The summed E-state index contributed by atoms with van der Waals surface area (Å²) in [6.07, 6.45) is 0. The SMILES string of the molecule is Cl.Cl.O=C(O)c1ccc([N+](=O)[O-])cc1C(=O)O. The number of nitrogens with zero attached hydrogens (tertiary/aromatic N) is 1. The smallest absolute Gasteiger partial charge is 0.336 e. The minimum atomic E-state index is -1.52. The molecule has 0 aliphatic carbocycles. The highest BCUT2D eigenvalue weighted by molar-refractivity contribution is 6.02. The summed E-state index contributed by atoms with van der Waals surface area (Å²) in [7, 11) is 0. The third kappa shape index (κ3) is 3.89. The van der Waals surface area contributed by atoms with Crippen LogP contribution in [0.25, 0.3) is 0 Å². The van der Waals surface area contributed by atoms with Crippen molar-refractivity contribution in [2.24, 2.45) is 0 Å². The maximum atomic E-state index is 10.6. The van der Waals surface area contributed by atoms with Crippen LogP contribution in [0, 0.1) is 10.1 Å². The van der Waals surface area contributed by atoms with E-state index in [0.717, 1.165) is 12.1 Å².